The van der Waals surface area contributed by atoms with E-state index in [0.717, 1.165) is 17.7 Å². The zero-order valence-corrected chi connectivity index (χ0v) is 15.1. The lowest BCUT2D eigenvalue weighted by Crippen LogP contribution is -2.45. The molecule has 1 aliphatic rings. The summed E-state index contributed by atoms with van der Waals surface area (Å²) in [6.07, 6.45) is 3.86. The largest absolute Gasteiger partial charge is 0.347 e. The summed E-state index contributed by atoms with van der Waals surface area (Å²) in [4.78, 5) is 12.8. The van der Waals surface area contributed by atoms with Crippen molar-refractivity contribution in [1.82, 2.24) is 20.4 Å². The number of aromatic nitrogens is 2. The normalized spacial score (nSPS) is 20.5. The molecule has 24 heavy (non-hydrogen) atoms. The summed E-state index contributed by atoms with van der Waals surface area (Å²) in [6.45, 7) is 5.61. The Kier molecular flexibility index (Phi) is 5.67. The van der Waals surface area contributed by atoms with Gasteiger partial charge in [-0.25, -0.2) is 0 Å². The molecule has 0 radical (unpaired) electrons. The SMILES string of the molecule is Cl.Cn1cc([C@H]2CNC[C@@H]2C(=O)NC(C)(C)c2ccccc2)cn1. The van der Waals surface area contributed by atoms with Crippen LogP contribution in [-0.2, 0) is 17.4 Å². The van der Waals surface area contributed by atoms with Crippen LogP contribution in [-0.4, -0.2) is 28.8 Å². The number of benzene rings is 1. The monoisotopic (exact) mass is 348 g/mol. The number of rotatable bonds is 4. The number of hydrogen-bond acceptors (Lipinski definition) is 3. The molecule has 1 aromatic heterocycles. The van der Waals surface area contributed by atoms with Gasteiger partial charge >= 0.3 is 0 Å². The number of hydrogen-bond donors (Lipinski definition) is 2. The van der Waals surface area contributed by atoms with Crippen LogP contribution in [0.2, 0.25) is 0 Å². The van der Waals surface area contributed by atoms with E-state index >= 15 is 0 Å². The lowest BCUT2D eigenvalue weighted by atomic mass is 9.88. The van der Waals surface area contributed by atoms with Crippen LogP contribution >= 0.6 is 12.4 Å². The lowest BCUT2D eigenvalue weighted by Gasteiger charge is -2.29. The summed E-state index contributed by atoms with van der Waals surface area (Å²) >= 11 is 0. The first-order valence-electron chi connectivity index (χ1n) is 8.04. The molecule has 0 aliphatic carbocycles. The van der Waals surface area contributed by atoms with Crippen LogP contribution in [0.5, 0.6) is 0 Å². The molecule has 0 unspecified atom stereocenters. The summed E-state index contributed by atoms with van der Waals surface area (Å²) in [5.41, 5.74) is 1.84. The van der Waals surface area contributed by atoms with E-state index in [9.17, 15) is 4.79 Å². The smallest absolute Gasteiger partial charge is 0.225 e. The number of aryl methyl sites for hydroxylation is 1. The van der Waals surface area contributed by atoms with Crippen molar-refractivity contribution in [2.24, 2.45) is 13.0 Å². The lowest BCUT2D eigenvalue weighted by molar-refractivity contribution is -0.126. The molecule has 2 aromatic rings. The predicted octanol–water partition coefficient (Wildman–Crippen LogP) is 2.20. The third-order valence-corrected chi connectivity index (χ3v) is 4.64. The first-order chi connectivity index (χ1) is 11.0. The summed E-state index contributed by atoms with van der Waals surface area (Å²) in [5.74, 6) is 0.204. The maximum atomic E-state index is 12.8. The minimum absolute atomic E-state index is 0. The molecule has 0 saturated carbocycles. The molecule has 2 atom stereocenters. The first kappa shape index (κ1) is 18.5. The van der Waals surface area contributed by atoms with E-state index < -0.39 is 0 Å². The highest BCUT2D eigenvalue weighted by Gasteiger charge is 2.36. The second kappa shape index (κ2) is 7.36. The van der Waals surface area contributed by atoms with Crippen molar-refractivity contribution in [3.8, 4) is 0 Å². The van der Waals surface area contributed by atoms with E-state index in [-0.39, 0.29) is 35.7 Å². The van der Waals surface area contributed by atoms with Crippen molar-refractivity contribution in [3.05, 3.63) is 53.9 Å². The average molecular weight is 349 g/mol. The van der Waals surface area contributed by atoms with Gasteiger partial charge < -0.3 is 10.6 Å². The minimum atomic E-state index is -0.388. The van der Waals surface area contributed by atoms with E-state index in [4.69, 9.17) is 0 Å². The molecule has 2 N–H and O–H groups in total. The number of nitrogens with zero attached hydrogens (tertiary/aromatic N) is 2. The van der Waals surface area contributed by atoms with Gasteiger partial charge in [-0.15, -0.1) is 12.4 Å². The predicted molar refractivity (Wildman–Crippen MR) is 97.2 cm³/mol. The quantitative estimate of drug-likeness (QED) is 0.890. The van der Waals surface area contributed by atoms with E-state index in [0.29, 0.717) is 6.54 Å². The molecule has 2 heterocycles. The van der Waals surface area contributed by atoms with Gasteiger partial charge in [0.15, 0.2) is 0 Å². The van der Waals surface area contributed by atoms with Gasteiger partial charge in [-0.1, -0.05) is 30.3 Å². The third-order valence-electron chi connectivity index (χ3n) is 4.64. The molecule has 1 fully saturated rings. The van der Waals surface area contributed by atoms with Gasteiger partial charge in [-0.2, -0.15) is 5.10 Å². The maximum absolute atomic E-state index is 12.8. The molecule has 1 aromatic carbocycles. The Hall–Kier alpha value is -1.85. The molecular formula is C18H25ClN4O. The van der Waals surface area contributed by atoms with E-state index in [1.54, 1.807) is 4.68 Å². The highest BCUT2D eigenvalue weighted by molar-refractivity contribution is 5.85. The van der Waals surface area contributed by atoms with Gasteiger partial charge in [0.25, 0.3) is 0 Å². The average Bonchev–Trinajstić information content (AvgIpc) is 3.16. The van der Waals surface area contributed by atoms with Crippen LogP contribution in [0.25, 0.3) is 0 Å². The molecule has 1 aliphatic heterocycles. The third kappa shape index (κ3) is 3.79. The Bertz CT molecular complexity index is 683. The second-order valence-electron chi connectivity index (χ2n) is 6.80. The molecule has 3 rings (SSSR count). The number of amides is 1. The summed E-state index contributed by atoms with van der Waals surface area (Å²) < 4.78 is 1.79. The highest BCUT2D eigenvalue weighted by Crippen LogP contribution is 2.29. The fourth-order valence-electron chi connectivity index (χ4n) is 3.26. The molecule has 1 saturated heterocycles. The zero-order valence-electron chi connectivity index (χ0n) is 14.3. The Morgan fingerprint density at radius 2 is 2.00 bits per heavy atom. The maximum Gasteiger partial charge on any atom is 0.225 e. The molecule has 0 bridgehead atoms. The zero-order chi connectivity index (χ0) is 16.4. The number of nitrogens with one attached hydrogen (secondary N) is 2. The van der Waals surface area contributed by atoms with Gasteiger partial charge in [0.1, 0.15) is 0 Å². The molecule has 5 nitrogen and oxygen atoms in total. The van der Waals surface area contributed by atoms with Gasteiger partial charge in [0.2, 0.25) is 5.91 Å². The minimum Gasteiger partial charge on any atom is -0.347 e. The van der Waals surface area contributed by atoms with Gasteiger partial charge in [0, 0.05) is 32.3 Å². The van der Waals surface area contributed by atoms with E-state index in [1.165, 1.54) is 0 Å². The van der Waals surface area contributed by atoms with Gasteiger partial charge in [0.05, 0.1) is 17.7 Å². The van der Waals surface area contributed by atoms with E-state index in [1.807, 2.05) is 63.6 Å². The summed E-state index contributed by atoms with van der Waals surface area (Å²) in [6, 6.07) is 10.1. The summed E-state index contributed by atoms with van der Waals surface area (Å²) in [5, 5.41) is 10.8. The standard InChI is InChI=1S/C18H24N4O.ClH/c1-18(2,14-7-5-4-6-8-14)21-17(23)16-11-19-10-15(16)13-9-20-22(3)12-13;/h4-9,12,15-16,19H,10-11H2,1-3H3,(H,21,23);1H/t15-,16+;/m1./s1. The van der Waals surface area contributed by atoms with Gasteiger partial charge in [-0.05, 0) is 25.0 Å². The van der Waals surface area contributed by atoms with Gasteiger partial charge in [-0.3, -0.25) is 9.48 Å². The first-order valence-corrected chi connectivity index (χ1v) is 8.04. The highest BCUT2D eigenvalue weighted by atomic mass is 35.5. The Morgan fingerprint density at radius 1 is 1.29 bits per heavy atom. The molecule has 1 amide bonds. The number of halogens is 1. The van der Waals surface area contributed by atoms with Crippen LogP contribution in [0.1, 0.15) is 30.9 Å². The summed E-state index contributed by atoms with van der Waals surface area (Å²) in [7, 11) is 1.90. The number of carbonyl (C=O) groups is 1. The Morgan fingerprint density at radius 3 is 2.62 bits per heavy atom. The fourth-order valence-corrected chi connectivity index (χ4v) is 3.26. The Balaban J connectivity index is 0.00000208. The van der Waals surface area contributed by atoms with Crippen LogP contribution in [0.15, 0.2) is 42.7 Å². The number of carbonyl (C=O) groups excluding carboxylic acids is 1. The topological polar surface area (TPSA) is 59.0 Å². The molecule has 0 spiro atoms. The van der Waals surface area contributed by atoms with Crippen LogP contribution < -0.4 is 10.6 Å². The molecule has 130 valence electrons. The van der Waals surface area contributed by atoms with Crippen molar-refractivity contribution in [1.29, 1.82) is 0 Å². The fraction of sp³-hybridized carbons (Fsp3) is 0.444. The second-order valence-corrected chi connectivity index (χ2v) is 6.80. The van der Waals surface area contributed by atoms with Crippen molar-refractivity contribution < 1.29 is 4.79 Å². The van der Waals surface area contributed by atoms with Crippen molar-refractivity contribution in [2.45, 2.75) is 25.3 Å². The molecule has 6 heteroatoms. The van der Waals surface area contributed by atoms with Crippen LogP contribution in [0.3, 0.4) is 0 Å². The van der Waals surface area contributed by atoms with E-state index in [2.05, 4.69) is 15.7 Å². The molecular weight excluding hydrogens is 324 g/mol. The van der Waals surface area contributed by atoms with Crippen LogP contribution in [0.4, 0.5) is 0 Å². The van der Waals surface area contributed by atoms with Crippen LogP contribution in [0, 0.1) is 5.92 Å². The van der Waals surface area contributed by atoms with Crippen molar-refractivity contribution in [2.75, 3.05) is 13.1 Å². The van der Waals surface area contributed by atoms with Crippen molar-refractivity contribution in [3.63, 3.8) is 0 Å². The Labute approximate surface area is 149 Å². The van der Waals surface area contributed by atoms with Crippen molar-refractivity contribution >= 4 is 18.3 Å².